The van der Waals surface area contributed by atoms with Crippen LogP contribution in [0.25, 0.3) is 0 Å². The molecule has 0 aliphatic rings. The Labute approximate surface area is 291 Å². The molecule has 0 bridgehead atoms. The summed E-state index contributed by atoms with van der Waals surface area (Å²) in [5, 5.41) is 0. The zero-order valence-corrected chi connectivity index (χ0v) is 31.6. The van der Waals surface area contributed by atoms with E-state index in [4.69, 9.17) is 14.2 Å². The van der Waals surface area contributed by atoms with Crippen LogP contribution in [0.3, 0.4) is 0 Å². The summed E-state index contributed by atoms with van der Waals surface area (Å²) in [6.07, 6.45) is 35.4. The van der Waals surface area contributed by atoms with E-state index in [0.29, 0.717) is 19.3 Å². The first-order valence-electron chi connectivity index (χ1n) is 20.5. The lowest BCUT2D eigenvalue weighted by molar-refractivity contribution is -0.167. The summed E-state index contributed by atoms with van der Waals surface area (Å²) in [7, 11) is 0. The highest BCUT2D eigenvalue weighted by Crippen LogP contribution is 2.15. The van der Waals surface area contributed by atoms with Crippen molar-refractivity contribution >= 4 is 17.9 Å². The average molecular weight is 667 g/mol. The van der Waals surface area contributed by atoms with E-state index in [2.05, 4.69) is 20.8 Å². The third-order valence-electron chi connectivity index (χ3n) is 9.11. The first-order valence-corrected chi connectivity index (χ1v) is 20.5. The van der Waals surface area contributed by atoms with Gasteiger partial charge < -0.3 is 14.2 Å². The zero-order valence-electron chi connectivity index (χ0n) is 31.6. The van der Waals surface area contributed by atoms with Crippen LogP contribution in [0.4, 0.5) is 0 Å². The van der Waals surface area contributed by atoms with Crippen LogP contribution in [0.2, 0.25) is 0 Å². The molecule has 6 heteroatoms. The Morgan fingerprint density at radius 2 is 0.574 bits per heavy atom. The van der Waals surface area contributed by atoms with Gasteiger partial charge in [-0.1, -0.05) is 188 Å². The Hall–Kier alpha value is -1.59. The predicted molar refractivity (Wildman–Crippen MR) is 197 cm³/mol. The lowest BCUT2D eigenvalue weighted by Crippen LogP contribution is -2.30. The molecule has 0 radical (unpaired) electrons. The smallest absolute Gasteiger partial charge is 0.306 e. The van der Waals surface area contributed by atoms with Crippen LogP contribution < -0.4 is 0 Å². The minimum Gasteiger partial charge on any atom is -0.462 e. The highest BCUT2D eigenvalue weighted by molar-refractivity contribution is 5.71. The van der Waals surface area contributed by atoms with Crippen molar-refractivity contribution in [1.29, 1.82) is 0 Å². The summed E-state index contributed by atoms with van der Waals surface area (Å²) in [5.74, 6) is -0.873. The summed E-state index contributed by atoms with van der Waals surface area (Å²) >= 11 is 0. The highest BCUT2D eigenvalue weighted by Gasteiger charge is 2.19. The van der Waals surface area contributed by atoms with E-state index in [-0.39, 0.29) is 31.1 Å². The number of carbonyl (C=O) groups is 3. The monoisotopic (exact) mass is 667 g/mol. The SMILES string of the molecule is CCCCCCCCCCCCCCCCCC(=O)OCC(COC(=O)CCCCCCCC)OC(=O)CCCCCCCCCC. The molecule has 0 spiro atoms. The van der Waals surface area contributed by atoms with Gasteiger partial charge in [0.1, 0.15) is 13.2 Å². The summed E-state index contributed by atoms with van der Waals surface area (Å²) in [4.78, 5) is 37.3. The molecule has 6 nitrogen and oxygen atoms in total. The van der Waals surface area contributed by atoms with E-state index >= 15 is 0 Å². The molecule has 0 heterocycles. The maximum absolute atomic E-state index is 12.5. The fourth-order valence-corrected chi connectivity index (χ4v) is 5.97. The van der Waals surface area contributed by atoms with Gasteiger partial charge in [0, 0.05) is 19.3 Å². The fourth-order valence-electron chi connectivity index (χ4n) is 5.97. The first-order chi connectivity index (χ1) is 23.0. The van der Waals surface area contributed by atoms with Gasteiger partial charge in [-0.15, -0.1) is 0 Å². The van der Waals surface area contributed by atoms with Gasteiger partial charge in [0.05, 0.1) is 0 Å². The second-order valence-electron chi connectivity index (χ2n) is 13.9. The van der Waals surface area contributed by atoms with Crippen LogP contribution in [-0.2, 0) is 28.6 Å². The summed E-state index contributed by atoms with van der Waals surface area (Å²) in [6, 6.07) is 0. The van der Waals surface area contributed by atoms with Gasteiger partial charge >= 0.3 is 17.9 Å². The number of hydrogen-bond donors (Lipinski definition) is 0. The van der Waals surface area contributed by atoms with Crippen LogP contribution in [0.15, 0.2) is 0 Å². The van der Waals surface area contributed by atoms with Gasteiger partial charge in [-0.3, -0.25) is 14.4 Å². The molecule has 0 fully saturated rings. The van der Waals surface area contributed by atoms with Gasteiger partial charge in [-0.05, 0) is 19.3 Å². The minimum atomic E-state index is -0.755. The van der Waals surface area contributed by atoms with Crippen molar-refractivity contribution in [1.82, 2.24) is 0 Å². The van der Waals surface area contributed by atoms with Gasteiger partial charge in [0.15, 0.2) is 6.10 Å². The van der Waals surface area contributed by atoms with Crippen LogP contribution >= 0.6 is 0 Å². The molecule has 0 amide bonds. The Balaban J connectivity index is 4.19. The molecule has 47 heavy (non-hydrogen) atoms. The van der Waals surface area contributed by atoms with Crippen LogP contribution in [0.5, 0.6) is 0 Å². The first kappa shape index (κ1) is 45.4. The molecule has 0 aromatic carbocycles. The third-order valence-corrected chi connectivity index (χ3v) is 9.11. The fraction of sp³-hybridized carbons (Fsp3) is 0.927. The van der Waals surface area contributed by atoms with Gasteiger partial charge in [0.2, 0.25) is 0 Å². The van der Waals surface area contributed by atoms with Crippen LogP contribution in [-0.4, -0.2) is 37.2 Å². The third kappa shape index (κ3) is 35.5. The molecule has 1 unspecified atom stereocenters. The van der Waals surface area contributed by atoms with E-state index in [1.807, 2.05) is 0 Å². The van der Waals surface area contributed by atoms with Crippen molar-refractivity contribution in [3.8, 4) is 0 Å². The normalized spacial score (nSPS) is 11.8. The van der Waals surface area contributed by atoms with Crippen molar-refractivity contribution in [2.75, 3.05) is 13.2 Å². The second kappa shape index (κ2) is 37.2. The van der Waals surface area contributed by atoms with E-state index in [9.17, 15) is 14.4 Å². The lowest BCUT2D eigenvalue weighted by Gasteiger charge is -2.18. The molecule has 0 aliphatic carbocycles. The number of unbranched alkanes of at least 4 members (excludes halogenated alkanes) is 26. The summed E-state index contributed by atoms with van der Waals surface area (Å²) < 4.78 is 16.5. The number of hydrogen-bond acceptors (Lipinski definition) is 6. The molecule has 278 valence electrons. The van der Waals surface area contributed by atoms with Crippen molar-refractivity contribution in [3.63, 3.8) is 0 Å². The predicted octanol–water partition coefficient (Wildman–Crippen LogP) is 12.5. The number of carbonyl (C=O) groups excluding carboxylic acids is 3. The molecule has 1 atom stereocenters. The Morgan fingerprint density at radius 1 is 0.340 bits per heavy atom. The quantitative estimate of drug-likeness (QED) is 0.0373. The lowest BCUT2D eigenvalue weighted by atomic mass is 10.0. The number of esters is 3. The van der Waals surface area contributed by atoms with Gasteiger partial charge in [0.25, 0.3) is 0 Å². The van der Waals surface area contributed by atoms with E-state index in [1.54, 1.807) is 0 Å². The Bertz CT molecular complexity index is 693. The topological polar surface area (TPSA) is 78.9 Å². The minimum absolute atomic E-state index is 0.0644. The molecule has 0 N–H and O–H groups in total. The van der Waals surface area contributed by atoms with Crippen molar-refractivity contribution in [2.24, 2.45) is 0 Å². The molecule has 0 aromatic rings. The molecule has 0 aliphatic heterocycles. The van der Waals surface area contributed by atoms with Crippen LogP contribution in [0, 0.1) is 0 Å². The van der Waals surface area contributed by atoms with Crippen molar-refractivity contribution < 1.29 is 28.6 Å². The molecule has 0 rings (SSSR count). The van der Waals surface area contributed by atoms with Gasteiger partial charge in [-0.2, -0.15) is 0 Å². The Kier molecular flexibility index (Phi) is 36.0. The standard InChI is InChI=1S/C41H78O6/c1-4-7-10-13-16-18-19-20-21-22-23-24-26-28-31-34-40(43)46-37-38(36-45-39(42)33-30-27-15-12-9-6-3)47-41(44)35-32-29-25-17-14-11-8-5-2/h38H,4-37H2,1-3H3. The van der Waals surface area contributed by atoms with Gasteiger partial charge in [-0.25, -0.2) is 0 Å². The Morgan fingerprint density at radius 3 is 0.851 bits per heavy atom. The number of rotatable bonds is 37. The molecular weight excluding hydrogens is 588 g/mol. The second-order valence-corrected chi connectivity index (χ2v) is 13.9. The summed E-state index contributed by atoms with van der Waals surface area (Å²) in [6.45, 7) is 6.55. The average Bonchev–Trinajstić information content (AvgIpc) is 3.06. The van der Waals surface area contributed by atoms with E-state index in [1.165, 1.54) is 128 Å². The zero-order chi connectivity index (χ0) is 34.5. The maximum atomic E-state index is 12.5. The molecule has 0 saturated carbocycles. The summed E-state index contributed by atoms with van der Waals surface area (Å²) in [5.41, 5.74) is 0. The van der Waals surface area contributed by atoms with E-state index < -0.39 is 6.10 Å². The molecule has 0 saturated heterocycles. The largest absolute Gasteiger partial charge is 0.462 e. The molecule has 0 aromatic heterocycles. The van der Waals surface area contributed by atoms with E-state index in [0.717, 1.165) is 57.8 Å². The number of ether oxygens (including phenoxy) is 3. The van der Waals surface area contributed by atoms with Crippen molar-refractivity contribution in [3.05, 3.63) is 0 Å². The van der Waals surface area contributed by atoms with Crippen molar-refractivity contribution in [2.45, 2.75) is 232 Å². The maximum Gasteiger partial charge on any atom is 0.306 e. The molecular formula is C41H78O6. The highest BCUT2D eigenvalue weighted by atomic mass is 16.6. The van der Waals surface area contributed by atoms with Crippen LogP contribution in [0.1, 0.15) is 226 Å².